The number of amides is 1. The Balaban J connectivity index is 1.31. The zero-order valence-corrected chi connectivity index (χ0v) is 19.0. The Hall–Kier alpha value is -2.38. The van der Waals surface area contributed by atoms with E-state index in [1.54, 1.807) is 16.4 Å². The Kier molecular flexibility index (Phi) is 5.06. The summed E-state index contributed by atoms with van der Waals surface area (Å²) in [5.41, 5.74) is 5.54. The minimum Gasteiger partial charge on any atom is -0.369 e. The maximum Gasteiger partial charge on any atom is 0.243 e. The van der Waals surface area contributed by atoms with E-state index in [1.807, 2.05) is 11.0 Å². The molecule has 0 aromatic heterocycles. The van der Waals surface area contributed by atoms with Gasteiger partial charge in [-0.1, -0.05) is 12.1 Å². The average molecular weight is 440 g/mol. The molecule has 0 unspecified atom stereocenters. The summed E-state index contributed by atoms with van der Waals surface area (Å²) in [5.74, 6) is 0.361. The molecule has 2 aromatic carbocycles. The largest absolute Gasteiger partial charge is 0.369 e. The Labute approximate surface area is 184 Å². The van der Waals surface area contributed by atoms with Gasteiger partial charge >= 0.3 is 0 Å². The van der Waals surface area contributed by atoms with E-state index >= 15 is 0 Å². The number of carbonyl (C=O) groups excluding carboxylic acids is 1. The monoisotopic (exact) mass is 439 g/mol. The molecule has 0 bridgehead atoms. The van der Waals surface area contributed by atoms with Crippen LogP contribution in [-0.2, 0) is 21.2 Å². The van der Waals surface area contributed by atoms with Crippen LogP contribution in [0.2, 0.25) is 0 Å². The summed E-state index contributed by atoms with van der Waals surface area (Å²) in [6.45, 7) is 7.18. The van der Waals surface area contributed by atoms with Gasteiger partial charge in [0, 0.05) is 50.0 Å². The number of benzene rings is 2. The topological polar surface area (TPSA) is 60.9 Å². The highest BCUT2D eigenvalue weighted by Gasteiger charge is 2.37. The maximum absolute atomic E-state index is 13.3. The van der Waals surface area contributed by atoms with Crippen LogP contribution >= 0.6 is 0 Å². The Morgan fingerprint density at radius 2 is 1.68 bits per heavy atom. The number of anilines is 2. The SMILES string of the molecule is Cc1cccc(N2CCN(S(=O)(=O)c3ccc4c(c3)CCN4C(=O)C3CC3)CC2)c1C. The van der Waals surface area contributed by atoms with Crippen molar-refractivity contribution in [1.29, 1.82) is 0 Å². The van der Waals surface area contributed by atoms with Gasteiger partial charge in [0.1, 0.15) is 0 Å². The minimum atomic E-state index is -3.55. The van der Waals surface area contributed by atoms with Gasteiger partial charge in [-0.2, -0.15) is 4.31 Å². The summed E-state index contributed by atoms with van der Waals surface area (Å²) in [5, 5.41) is 0. The maximum atomic E-state index is 13.3. The number of hydrogen-bond donors (Lipinski definition) is 0. The molecule has 31 heavy (non-hydrogen) atoms. The molecule has 1 saturated heterocycles. The zero-order chi connectivity index (χ0) is 21.8. The highest BCUT2D eigenvalue weighted by atomic mass is 32.2. The second-order valence-electron chi connectivity index (χ2n) is 8.91. The fourth-order valence-electron chi connectivity index (χ4n) is 4.71. The van der Waals surface area contributed by atoms with Crippen molar-refractivity contribution in [1.82, 2.24) is 4.31 Å². The fraction of sp³-hybridized carbons (Fsp3) is 0.458. The second kappa shape index (κ2) is 7.64. The van der Waals surface area contributed by atoms with Crippen LogP contribution in [0, 0.1) is 19.8 Å². The Bertz CT molecular complexity index is 1130. The third kappa shape index (κ3) is 3.64. The van der Waals surface area contributed by atoms with Gasteiger partial charge in [-0.3, -0.25) is 4.79 Å². The fourth-order valence-corrected chi connectivity index (χ4v) is 6.19. The van der Waals surface area contributed by atoms with Crippen molar-refractivity contribution in [2.45, 2.75) is 38.0 Å². The smallest absolute Gasteiger partial charge is 0.243 e. The van der Waals surface area contributed by atoms with Crippen molar-refractivity contribution in [3.8, 4) is 0 Å². The van der Waals surface area contributed by atoms with Gasteiger partial charge in [-0.25, -0.2) is 8.42 Å². The summed E-state index contributed by atoms with van der Waals surface area (Å²) < 4.78 is 28.2. The van der Waals surface area contributed by atoms with Crippen LogP contribution in [0.5, 0.6) is 0 Å². The van der Waals surface area contributed by atoms with Crippen LogP contribution in [0.15, 0.2) is 41.3 Å². The summed E-state index contributed by atoms with van der Waals surface area (Å²) in [6.07, 6.45) is 2.67. The van der Waals surface area contributed by atoms with Gasteiger partial charge in [0.05, 0.1) is 4.90 Å². The third-order valence-electron chi connectivity index (χ3n) is 6.93. The molecule has 0 N–H and O–H groups in total. The van der Waals surface area contributed by atoms with E-state index in [1.165, 1.54) is 16.8 Å². The number of hydrogen-bond acceptors (Lipinski definition) is 4. The highest BCUT2D eigenvalue weighted by Crippen LogP contribution is 2.37. The molecule has 2 heterocycles. The molecule has 2 aromatic rings. The quantitative estimate of drug-likeness (QED) is 0.735. The molecule has 164 valence electrons. The van der Waals surface area contributed by atoms with E-state index in [0.29, 0.717) is 37.6 Å². The van der Waals surface area contributed by atoms with Gasteiger partial charge in [-0.05, 0) is 74.1 Å². The number of sulfonamides is 1. The first-order valence-electron chi connectivity index (χ1n) is 11.1. The number of fused-ring (bicyclic) bond motifs is 1. The van der Waals surface area contributed by atoms with Crippen molar-refractivity contribution in [3.05, 3.63) is 53.1 Å². The highest BCUT2D eigenvalue weighted by molar-refractivity contribution is 7.89. The third-order valence-corrected chi connectivity index (χ3v) is 8.83. The summed E-state index contributed by atoms with van der Waals surface area (Å²) >= 11 is 0. The average Bonchev–Trinajstić information content (AvgIpc) is 3.54. The number of carbonyl (C=O) groups is 1. The Morgan fingerprint density at radius 1 is 0.935 bits per heavy atom. The van der Waals surface area contributed by atoms with Crippen LogP contribution in [-0.4, -0.2) is 51.4 Å². The van der Waals surface area contributed by atoms with Crippen molar-refractivity contribution >= 4 is 27.3 Å². The zero-order valence-electron chi connectivity index (χ0n) is 18.2. The molecule has 1 amide bonds. The number of nitrogens with zero attached hydrogens (tertiary/aromatic N) is 3. The number of rotatable bonds is 4. The van der Waals surface area contributed by atoms with Crippen LogP contribution in [0.4, 0.5) is 11.4 Å². The van der Waals surface area contributed by atoms with Gasteiger partial charge in [0.2, 0.25) is 15.9 Å². The summed E-state index contributed by atoms with van der Waals surface area (Å²) in [7, 11) is -3.55. The van der Waals surface area contributed by atoms with Crippen molar-refractivity contribution in [3.63, 3.8) is 0 Å². The Morgan fingerprint density at radius 3 is 2.39 bits per heavy atom. The molecule has 1 aliphatic carbocycles. The first-order chi connectivity index (χ1) is 14.9. The van der Waals surface area contributed by atoms with Crippen LogP contribution in [0.25, 0.3) is 0 Å². The van der Waals surface area contributed by atoms with E-state index in [4.69, 9.17) is 0 Å². The molecule has 2 fully saturated rings. The number of aryl methyl sites for hydroxylation is 1. The first kappa shape index (κ1) is 20.5. The van der Waals surface area contributed by atoms with Gasteiger partial charge in [0.15, 0.2) is 0 Å². The molecule has 6 nitrogen and oxygen atoms in total. The molecular formula is C24H29N3O3S. The molecule has 0 spiro atoms. The lowest BCUT2D eigenvalue weighted by Crippen LogP contribution is -2.48. The van der Waals surface area contributed by atoms with Crippen LogP contribution in [0.1, 0.15) is 29.5 Å². The molecular weight excluding hydrogens is 410 g/mol. The van der Waals surface area contributed by atoms with Gasteiger partial charge in [-0.15, -0.1) is 0 Å². The van der Waals surface area contributed by atoms with E-state index in [-0.39, 0.29) is 11.8 Å². The molecule has 3 aliphatic rings. The van der Waals surface area contributed by atoms with Crippen molar-refractivity contribution in [2.24, 2.45) is 5.92 Å². The van der Waals surface area contributed by atoms with Crippen molar-refractivity contribution in [2.75, 3.05) is 42.5 Å². The van der Waals surface area contributed by atoms with E-state index in [2.05, 4.69) is 36.9 Å². The standard InChI is InChI=1S/C24H29N3O3S/c1-17-4-3-5-22(18(17)2)25-12-14-26(15-13-25)31(29,30)21-8-9-23-20(16-21)10-11-27(23)24(28)19-6-7-19/h3-5,8-9,16,19H,6-7,10-15H2,1-2H3. The lowest BCUT2D eigenvalue weighted by molar-refractivity contribution is -0.119. The van der Waals surface area contributed by atoms with Gasteiger partial charge in [0.25, 0.3) is 0 Å². The molecule has 7 heteroatoms. The summed E-state index contributed by atoms with van der Waals surface area (Å²) in [4.78, 5) is 16.9. The molecule has 0 atom stereocenters. The predicted octanol–water partition coefficient (Wildman–Crippen LogP) is 3.11. The minimum absolute atomic E-state index is 0.169. The first-order valence-corrected chi connectivity index (χ1v) is 12.6. The number of piperazine rings is 1. The van der Waals surface area contributed by atoms with Crippen LogP contribution < -0.4 is 9.80 Å². The lowest BCUT2D eigenvalue weighted by Gasteiger charge is -2.36. The van der Waals surface area contributed by atoms with Crippen LogP contribution in [0.3, 0.4) is 0 Å². The van der Waals surface area contributed by atoms with E-state index in [9.17, 15) is 13.2 Å². The normalized spacial score (nSPS) is 19.5. The predicted molar refractivity (Wildman–Crippen MR) is 122 cm³/mol. The lowest BCUT2D eigenvalue weighted by atomic mass is 10.1. The molecule has 5 rings (SSSR count). The van der Waals surface area contributed by atoms with Gasteiger partial charge < -0.3 is 9.80 Å². The summed E-state index contributed by atoms with van der Waals surface area (Å²) in [6, 6.07) is 11.5. The molecule has 0 radical (unpaired) electrons. The van der Waals surface area contributed by atoms with E-state index < -0.39 is 10.0 Å². The molecule has 1 saturated carbocycles. The van der Waals surface area contributed by atoms with E-state index in [0.717, 1.165) is 30.5 Å². The molecule has 2 aliphatic heterocycles. The van der Waals surface area contributed by atoms with Crippen molar-refractivity contribution < 1.29 is 13.2 Å². The second-order valence-corrected chi connectivity index (χ2v) is 10.9.